The average molecular weight is 526 g/mol. The van der Waals surface area contributed by atoms with Crippen LogP contribution in [0.1, 0.15) is 35.3 Å². The van der Waals surface area contributed by atoms with E-state index >= 15 is 0 Å². The number of benzene rings is 2. The first-order valence-corrected chi connectivity index (χ1v) is 10.5. The average Bonchev–Trinajstić information content (AvgIpc) is 2.74. The first-order valence-electron chi connectivity index (χ1n) is 10.2. The maximum absolute atomic E-state index is 13.1. The third kappa shape index (κ3) is 7.76. The van der Waals surface area contributed by atoms with E-state index in [1.165, 1.54) is 32.0 Å². The molecule has 4 N–H and O–H groups in total. The Balaban J connectivity index is 2.34. The molecule has 2 amide bonds. The van der Waals surface area contributed by atoms with Crippen molar-refractivity contribution in [2.75, 3.05) is 18.5 Å². The van der Waals surface area contributed by atoms with Crippen LogP contribution in [0, 0.1) is 5.92 Å². The molecule has 0 aliphatic heterocycles. The van der Waals surface area contributed by atoms with Gasteiger partial charge in [-0.05, 0) is 42.3 Å². The van der Waals surface area contributed by atoms with Crippen molar-refractivity contribution in [3.8, 4) is 5.75 Å². The van der Waals surface area contributed by atoms with E-state index < -0.39 is 52.9 Å². The van der Waals surface area contributed by atoms with Crippen LogP contribution in [0.3, 0.4) is 0 Å². The third-order valence-corrected chi connectivity index (χ3v) is 4.89. The molecule has 2 aromatic rings. The fraction of sp³-hybridized carbons (Fsp3) is 0.364. The summed E-state index contributed by atoms with van der Waals surface area (Å²) >= 11 is 5.94. The summed E-state index contributed by atoms with van der Waals surface area (Å²) in [5, 5.41) is 4.64. The van der Waals surface area contributed by atoms with Crippen LogP contribution < -0.4 is 21.1 Å². The Labute approximate surface area is 201 Å². The van der Waals surface area contributed by atoms with Gasteiger partial charge in [-0.3, -0.25) is 9.59 Å². The summed E-state index contributed by atoms with van der Waals surface area (Å²) in [6, 6.07) is 3.53. The van der Waals surface area contributed by atoms with Gasteiger partial charge in [0.05, 0.1) is 16.7 Å². The lowest BCUT2D eigenvalue weighted by molar-refractivity contribution is -0.143. The predicted octanol–water partition coefficient (Wildman–Crippen LogP) is 5.11. The highest BCUT2D eigenvalue weighted by molar-refractivity contribution is 6.31. The molecule has 192 valence electrons. The molecule has 35 heavy (non-hydrogen) atoms. The van der Waals surface area contributed by atoms with Crippen molar-refractivity contribution in [1.82, 2.24) is 5.32 Å². The lowest BCUT2D eigenvalue weighted by atomic mass is 10.0. The second-order valence-electron chi connectivity index (χ2n) is 7.76. The molecular formula is C22H22ClF6N3O3. The summed E-state index contributed by atoms with van der Waals surface area (Å²) in [6.07, 6.45) is -10.2. The predicted molar refractivity (Wildman–Crippen MR) is 117 cm³/mol. The van der Waals surface area contributed by atoms with E-state index in [1.54, 1.807) is 0 Å². The molecule has 2 aromatic carbocycles. The molecule has 0 unspecified atom stereocenters. The molecule has 13 heteroatoms. The Morgan fingerprint density at radius 2 is 1.57 bits per heavy atom. The number of amides is 2. The minimum atomic E-state index is -5.08. The molecule has 2 rings (SSSR count). The number of carbonyl (C=O) groups excluding carboxylic acids is 2. The van der Waals surface area contributed by atoms with Crippen LogP contribution in [-0.4, -0.2) is 31.0 Å². The Morgan fingerprint density at radius 1 is 1.00 bits per heavy atom. The van der Waals surface area contributed by atoms with Crippen LogP contribution in [0.4, 0.5) is 32.0 Å². The second kappa shape index (κ2) is 11.2. The third-order valence-electron chi connectivity index (χ3n) is 4.65. The van der Waals surface area contributed by atoms with Gasteiger partial charge in [0.2, 0.25) is 5.91 Å². The largest absolute Gasteiger partial charge is 0.491 e. The van der Waals surface area contributed by atoms with Gasteiger partial charge < -0.3 is 21.1 Å². The normalized spacial score (nSPS) is 12.9. The van der Waals surface area contributed by atoms with Crippen LogP contribution in [-0.2, 0) is 17.1 Å². The topological polar surface area (TPSA) is 93.4 Å². The van der Waals surface area contributed by atoms with E-state index in [9.17, 15) is 35.9 Å². The number of alkyl halides is 6. The summed E-state index contributed by atoms with van der Waals surface area (Å²) in [5.41, 5.74) is 1.45. The fourth-order valence-electron chi connectivity index (χ4n) is 2.98. The van der Waals surface area contributed by atoms with Gasteiger partial charge in [-0.2, -0.15) is 26.3 Å². The lowest BCUT2D eigenvalue weighted by Crippen LogP contribution is -2.47. The van der Waals surface area contributed by atoms with Crippen molar-refractivity contribution >= 4 is 29.1 Å². The first-order chi connectivity index (χ1) is 16.1. The summed E-state index contributed by atoms with van der Waals surface area (Å²) in [4.78, 5) is 25.7. The molecule has 0 aliphatic rings. The van der Waals surface area contributed by atoms with Crippen LogP contribution in [0.5, 0.6) is 5.75 Å². The molecule has 0 saturated carbocycles. The van der Waals surface area contributed by atoms with Gasteiger partial charge in [0, 0.05) is 17.3 Å². The number of anilines is 1. The zero-order valence-corrected chi connectivity index (χ0v) is 19.2. The number of ether oxygens (including phenoxy) is 1. The molecular weight excluding hydrogens is 504 g/mol. The maximum Gasteiger partial charge on any atom is 0.416 e. The summed E-state index contributed by atoms with van der Waals surface area (Å²) < 4.78 is 84.1. The highest BCUT2D eigenvalue weighted by Crippen LogP contribution is 2.37. The van der Waals surface area contributed by atoms with Gasteiger partial charge >= 0.3 is 12.4 Å². The number of nitrogens with two attached hydrogens (primary N) is 1. The van der Waals surface area contributed by atoms with Crippen LogP contribution >= 0.6 is 11.6 Å². The van der Waals surface area contributed by atoms with E-state index in [0.29, 0.717) is 12.1 Å². The van der Waals surface area contributed by atoms with E-state index in [1.807, 2.05) is 5.32 Å². The molecule has 0 saturated heterocycles. The van der Waals surface area contributed by atoms with E-state index in [-0.39, 0.29) is 35.6 Å². The monoisotopic (exact) mass is 525 g/mol. The van der Waals surface area contributed by atoms with Crippen molar-refractivity contribution < 1.29 is 40.7 Å². The Morgan fingerprint density at radius 3 is 2.06 bits per heavy atom. The number of rotatable bonds is 8. The minimum Gasteiger partial charge on any atom is -0.491 e. The Bertz CT molecular complexity index is 1040. The summed E-state index contributed by atoms with van der Waals surface area (Å²) in [5.74, 6) is -2.30. The van der Waals surface area contributed by atoms with Crippen LogP contribution in [0.25, 0.3) is 0 Å². The van der Waals surface area contributed by atoms with E-state index in [0.717, 1.165) is 0 Å². The number of hydrogen-bond donors (Lipinski definition) is 3. The van der Waals surface area contributed by atoms with Crippen molar-refractivity contribution in [2.45, 2.75) is 32.2 Å². The molecule has 0 aliphatic carbocycles. The number of carbonyl (C=O) groups is 2. The second-order valence-corrected chi connectivity index (χ2v) is 8.19. The fourth-order valence-corrected chi connectivity index (χ4v) is 3.15. The molecule has 0 spiro atoms. The van der Waals surface area contributed by atoms with Crippen LogP contribution in [0.15, 0.2) is 36.4 Å². The van der Waals surface area contributed by atoms with Gasteiger partial charge in [-0.25, -0.2) is 0 Å². The molecule has 0 bridgehead atoms. The smallest absolute Gasteiger partial charge is 0.416 e. The van der Waals surface area contributed by atoms with Crippen molar-refractivity contribution in [1.29, 1.82) is 0 Å². The highest BCUT2D eigenvalue weighted by Gasteiger charge is 2.37. The molecule has 0 heterocycles. The SMILES string of the molecule is CC(C)[C@H](NC(=O)c1cc(Cl)ccc1OCCN)C(=O)Nc1cc(C(F)(F)F)cc(C(F)(F)F)c1. The number of nitrogens with one attached hydrogen (secondary N) is 2. The van der Waals surface area contributed by atoms with Crippen LogP contribution in [0.2, 0.25) is 5.02 Å². The molecule has 0 aromatic heterocycles. The van der Waals surface area contributed by atoms with Crippen molar-refractivity contribution in [3.63, 3.8) is 0 Å². The standard InChI is InChI=1S/C22H22ClF6N3O3/c1-11(2)18(32-19(33)16-10-14(23)3-4-17(16)35-6-5-30)20(34)31-15-8-12(21(24,25)26)7-13(9-15)22(27,28)29/h3-4,7-11,18H,5-6,30H2,1-2H3,(H,31,34)(H,32,33)/t18-/m0/s1. The lowest BCUT2D eigenvalue weighted by Gasteiger charge is -2.23. The molecule has 0 fully saturated rings. The van der Waals surface area contributed by atoms with Gasteiger partial charge in [-0.1, -0.05) is 25.4 Å². The highest BCUT2D eigenvalue weighted by atomic mass is 35.5. The van der Waals surface area contributed by atoms with E-state index in [2.05, 4.69) is 5.32 Å². The Hall–Kier alpha value is -2.99. The Kier molecular flexibility index (Phi) is 9.01. The van der Waals surface area contributed by atoms with Gasteiger partial charge in [-0.15, -0.1) is 0 Å². The maximum atomic E-state index is 13.1. The zero-order chi connectivity index (χ0) is 26.6. The summed E-state index contributed by atoms with van der Waals surface area (Å²) in [6.45, 7) is 3.29. The number of halogens is 7. The molecule has 1 atom stereocenters. The zero-order valence-electron chi connectivity index (χ0n) is 18.5. The summed E-state index contributed by atoms with van der Waals surface area (Å²) in [7, 11) is 0. The van der Waals surface area contributed by atoms with Gasteiger partial charge in [0.15, 0.2) is 0 Å². The van der Waals surface area contributed by atoms with Crippen molar-refractivity contribution in [2.24, 2.45) is 11.7 Å². The number of hydrogen-bond acceptors (Lipinski definition) is 4. The van der Waals surface area contributed by atoms with E-state index in [4.69, 9.17) is 22.1 Å². The minimum absolute atomic E-state index is 0.0390. The van der Waals surface area contributed by atoms with Gasteiger partial charge in [0.25, 0.3) is 5.91 Å². The quantitative estimate of drug-likeness (QED) is 0.418. The first kappa shape index (κ1) is 28.2. The molecule has 6 nitrogen and oxygen atoms in total. The molecule has 0 radical (unpaired) electrons. The van der Waals surface area contributed by atoms with Crippen molar-refractivity contribution in [3.05, 3.63) is 58.1 Å². The van der Waals surface area contributed by atoms with Gasteiger partial charge in [0.1, 0.15) is 18.4 Å².